The van der Waals surface area contributed by atoms with E-state index < -0.39 is 0 Å². The topological polar surface area (TPSA) is 140 Å². The zero-order valence-electron chi connectivity index (χ0n) is 22.6. The van der Waals surface area contributed by atoms with Crippen molar-refractivity contribution in [3.63, 3.8) is 0 Å². The van der Waals surface area contributed by atoms with Crippen LogP contribution in [-0.2, 0) is 17.6 Å². The Bertz CT molecular complexity index is 1270. The number of likely N-dealkylation sites (tertiary alicyclic amines) is 1. The molecule has 39 heavy (non-hydrogen) atoms. The first-order chi connectivity index (χ1) is 19.0. The Morgan fingerprint density at radius 2 is 2.00 bits per heavy atom. The van der Waals surface area contributed by atoms with Crippen molar-refractivity contribution in [2.24, 2.45) is 0 Å². The predicted octanol–water partition coefficient (Wildman–Crippen LogP) is 2.75. The van der Waals surface area contributed by atoms with Gasteiger partial charge in [-0.2, -0.15) is 10.5 Å². The van der Waals surface area contributed by atoms with E-state index in [4.69, 9.17) is 0 Å². The Morgan fingerprint density at radius 1 is 1.18 bits per heavy atom. The lowest BCUT2D eigenvalue weighted by Gasteiger charge is -2.21. The number of nitriles is 1. The van der Waals surface area contributed by atoms with E-state index in [2.05, 4.69) is 49.5 Å². The molecule has 4 rings (SSSR count). The van der Waals surface area contributed by atoms with Gasteiger partial charge in [-0.1, -0.05) is 41.6 Å². The Morgan fingerprint density at radius 3 is 2.72 bits per heavy atom. The van der Waals surface area contributed by atoms with Gasteiger partial charge in [0, 0.05) is 24.1 Å². The number of nitrogens with one attached hydrogen (secondary N) is 3. The molecule has 1 fully saturated rings. The molecule has 2 aromatic carbocycles. The van der Waals surface area contributed by atoms with Gasteiger partial charge < -0.3 is 15.5 Å². The number of nitrogens with zero attached hydrogens (tertiary/aromatic N) is 5. The monoisotopic (exact) mass is 528 g/mol. The molecule has 0 bridgehead atoms. The summed E-state index contributed by atoms with van der Waals surface area (Å²) in [5.74, 6) is 0.219. The van der Waals surface area contributed by atoms with Crippen molar-refractivity contribution in [3.8, 4) is 6.07 Å². The second kappa shape index (κ2) is 13.6. The summed E-state index contributed by atoms with van der Waals surface area (Å²) in [7, 11) is 0. The summed E-state index contributed by atoms with van der Waals surface area (Å²) in [6.07, 6.45) is 3.79. The average molecular weight is 529 g/mol. The fourth-order valence-electron chi connectivity index (χ4n) is 5.06. The van der Waals surface area contributed by atoms with Gasteiger partial charge in [-0.3, -0.25) is 9.59 Å². The first kappa shape index (κ1) is 27.9. The van der Waals surface area contributed by atoms with Crippen molar-refractivity contribution in [2.45, 2.75) is 64.0 Å². The Labute approximate surface area is 229 Å². The second-order valence-corrected chi connectivity index (χ2v) is 10.2. The highest BCUT2D eigenvalue weighted by Crippen LogP contribution is 2.30. The number of carbonyl (C=O) groups excluding carboxylic acids is 2. The largest absolute Gasteiger partial charge is 0.350 e. The van der Waals surface area contributed by atoms with Gasteiger partial charge in [0.25, 0.3) is 5.91 Å². The predicted molar refractivity (Wildman–Crippen MR) is 147 cm³/mol. The Balaban J connectivity index is 1.52. The Kier molecular flexibility index (Phi) is 9.75. The molecule has 0 spiro atoms. The van der Waals surface area contributed by atoms with E-state index >= 15 is 0 Å². The third-order valence-electron chi connectivity index (χ3n) is 7.01. The highest BCUT2D eigenvalue weighted by atomic mass is 16.2. The third kappa shape index (κ3) is 7.48. The van der Waals surface area contributed by atoms with Crippen LogP contribution in [0.15, 0.2) is 48.5 Å². The number of carbonyl (C=O) groups is 2. The third-order valence-corrected chi connectivity index (χ3v) is 7.01. The van der Waals surface area contributed by atoms with Crippen LogP contribution in [0.25, 0.3) is 0 Å². The van der Waals surface area contributed by atoms with Gasteiger partial charge in [0.15, 0.2) is 5.82 Å². The fourth-order valence-corrected chi connectivity index (χ4v) is 5.06. The molecular weight excluding hydrogens is 492 g/mol. The number of benzene rings is 2. The summed E-state index contributed by atoms with van der Waals surface area (Å²) < 4.78 is 0. The molecule has 0 radical (unpaired) electrons. The minimum atomic E-state index is -0.329. The first-order valence-corrected chi connectivity index (χ1v) is 13.6. The van der Waals surface area contributed by atoms with Crippen molar-refractivity contribution in [2.75, 3.05) is 19.6 Å². The summed E-state index contributed by atoms with van der Waals surface area (Å²) in [4.78, 5) is 27.1. The van der Waals surface area contributed by atoms with Gasteiger partial charge in [0.05, 0.1) is 12.6 Å². The van der Waals surface area contributed by atoms with Crippen LogP contribution in [0.4, 0.5) is 0 Å². The summed E-state index contributed by atoms with van der Waals surface area (Å²) in [6.45, 7) is 5.23. The molecule has 3 aromatic rings. The van der Waals surface area contributed by atoms with Gasteiger partial charge in [-0.25, -0.2) is 0 Å². The zero-order chi connectivity index (χ0) is 27.6. The van der Waals surface area contributed by atoms with Crippen LogP contribution in [-0.4, -0.2) is 69.1 Å². The van der Waals surface area contributed by atoms with Gasteiger partial charge in [-0.15, -0.1) is 10.2 Å². The number of aromatic nitrogens is 4. The number of H-pyrrole nitrogens is 1. The number of tetrazole rings is 1. The molecule has 2 heterocycles. The lowest BCUT2D eigenvalue weighted by Crippen LogP contribution is -2.40. The highest BCUT2D eigenvalue weighted by molar-refractivity contribution is 5.94. The number of rotatable bonds is 12. The maximum absolute atomic E-state index is 12.8. The highest BCUT2D eigenvalue weighted by Gasteiger charge is 2.28. The summed E-state index contributed by atoms with van der Waals surface area (Å²) >= 11 is 0. The minimum Gasteiger partial charge on any atom is -0.350 e. The zero-order valence-corrected chi connectivity index (χ0v) is 22.6. The van der Waals surface area contributed by atoms with Gasteiger partial charge in [-0.05, 0) is 81.3 Å². The van der Waals surface area contributed by atoms with Gasteiger partial charge >= 0.3 is 0 Å². The molecule has 3 N–H and O–H groups in total. The van der Waals surface area contributed by atoms with Crippen LogP contribution in [0.5, 0.6) is 0 Å². The number of aromatic amines is 1. The van der Waals surface area contributed by atoms with Crippen LogP contribution in [0.1, 0.15) is 71.9 Å². The standard InChI is InChI=1S/C29H36N8O2/c1-20(2)32-29(39)23-12-13-25(22(17-23)11-10-21-7-4-3-5-8-21)26(28-33-35-36-34-28)14-15-31-19-27(38)37-16-6-9-24(37)18-30/h3-5,7-8,12-13,17,20,24,26,31H,6,9-11,14-16,19H2,1-2H3,(H,32,39)(H,33,34,35,36). The molecule has 2 atom stereocenters. The molecule has 1 aliphatic rings. The molecule has 204 valence electrons. The molecule has 2 amide bonds. The molecule has 1 aliphatic heterocycles. The van der Waals surface area contributed by atoms with Crippen LogP contribution in [0.3, 0.4) is 0 Å². The number of hydrogen-bond acceptors (Lipinski definition) is 7. The molecule has 1 saturated heterocycles. The molecule has 10 heteroatoms. The van der Waals surface area contributed by atoms with E-state index in [-0.39, 0.29) is 36.4 Å². The molecular formula is C29H36N8O2. The van der Waals surface area contributed by atoms with E-state index in [9.17, 15) is 14.9 Å². The normalized spacial score (nSPS) is 15.7. The van der Waals surface area contributed by atoms with Crippen molar-refractivity contribution in [1.29, 1.82) is 5.26 Å². The molecule has 10 nitrogen and oxygen atoms in total. The molecule has 1 aromatic heterocycles. The molecule has 0 aliphatic carbocycles. The van der Waals surface area contributed by atoms with E-state index in [1.165, 1.54) is 5.56 Å². The van der Waals surface area contributed by atoms with Crippen LogP contribution in [0.2, 0.25) is 0 Å². The summed E-state index contributed by atoms with van der Waals surface area (Å²) in [5.41, 5.74) is 3.92. The smallest absolute Gasteiger partial charge is 0.251 e. The van der Waals surface area contributed by atoms with E-state index in [0.29, 0.717) is 30.9 Å². The maximum atomic E-state index is 12.8. The summed E-state index contributed by atoms with van der Waals surface area (Å²) in [5, 5.41) is 30.4. The van der Waals surface area contributed by atoms with Crippen LogP contribution < -0.4 is 10.6 Å². The molecule has 2 unspecified atom stereocenters. The lowest BCUT2D eigenvalue weighted by molar-refractivity contribution is -0.130. The van der Waals surface area contributed by atoms with E-state index in [1.807, 2.05) is 50.2 Å². The lowest BCUT2D eigenvalue weighted by atomic mass is 9.87. The maximum Gasteiger partial charge on any atom is 0.251 e. The number of aryl methyl sites for hydroxylation is 2. The SMILES string of the molecule is CC(C)NC(=O)c1ccc(C(CCNCC(=O)N2CCCC2C#N)c2nn[nH]n2)c(CCc2ccccc2)c1. The van der Waals surface area contributed by atoms with Gasteiger partial charge in [0.1, 0.15) is 6.04 Å². The number of hydrogen-bond donors (Lipinski definition) is 3. The van der Waals surface area contributed by atoms with E-state index in [1.54, 1.807) is 4.90 Å². The van der Waals surface area contributed by atoms with Gasteiger partial charge in [0.2, 0.25) is 5.91 Å². The first-order valence-electron chi connectivity index (χ1n) is 13.6. The van der Waals surface area contributed by atoms with Crippen molar-refractivity contribution in [3.05, 3.63) is 76.6 Å². The van der Waals surface area contributed by atoms with Crippen molar-refractivity contribution < 1.29 is 9.59 Å². The Hall–Kier alpha value is -4.10. The van der Waals surface area contributed by atoms with E-state index in [0.717, 1.165) is 36.8 Å². The minimum absolute atomic E-state index is 0.0369. The van der Waals surface area contributed by atoms with Crippen LogP contribution >= 0.6 is 0 Å². The quantitative estimate of drug-likeness (QED) is 0.307. The molecule has 0 saturated carbocycles. The average Bonchev–Trinajstić information content (AvgIpc) is 3.65. The summed E-state index contributed by atoms with van der Waals surface area (Å²) in [6, 6.07) is 18.0. The fraction of sp³-hybridized carbons (Fsp3) is 0.448. The van der Waals surface area contributed by atoms with Crippen molar-refractivity contribution in [1.82, 2.24) is 36.2 Å². The van der Waals surface area contributed by atoms with Crippen molar-refractivity contribution >= 4 is 11.8 Å². The number of amides is 2. The second-order valence-electron chi connectivity index (χ2n) is 10.2. The van der Waals surface area contributed by atoms with Crippen LogP contribution in [0, 0.1) is 11.3 Å².